The summed E-state index contributed by atoms with van der Waals surface area (Å²) in [6, 6.07) is 8.52. The fourth-order valence-corrected chi connectivity index (χ4v) is 2.07. The maximum Gasteiger partial charge on any atom is 0.246 e. The number of benzene rings is 1. The quantitative estimate of drug-likeness (QED) is 0.724. The summed E-state index contributed by atoms with van der Waals surface area (Å²) in [5, 5.41) is 0. The largest absolute Gasteiger partial charge is 0.368 e. The molecule has 17 heavy (non-hydrogen) atoms. The highest BCUT2D eigenvalue weighted by Gasteiger charge is 2.19. The van der Waals surface area contributed by atoms with Crippen molar-refractivity contribution in [1.82, 2.24) is 4.90 Å². The molecule has 0 spiro atoms. The lowest BCUT2D eigenvalue weighted by Crippen LogP contribution is -2.48. The van der Waals surface area contributed by atoms with E-state index in [1.165, 1.54) is 17.3 Å². The van der Waals surface area contributed by atoms with E-state index in [2.05, 4.69) is 42.7 Å². The highest BCUT2D eigenvalue weighted by Crippen LogP contribution is 2.17. The molecule has 0 aliphatic carbocycles. The molecule has 1 amide bonds. The molecule has 0 bridgehead atoms. The van der Waals surface area contributed by atoms with Gasteiger partial charge in [0, 0.05) is 31.9 Å². The van der Waals surface area contributed by atoms with Crippen LogP contribution in [0.1, 0.15) is 5.56 Å². The summed E-state index contributed by atoms with van der Waals surface area (Å²) in [7, 11) is 0. The van der Waals surface area contributed by atoms with Crippen molar-refractivity contribution >= 4 is 11.6 Å². The monoisotopic (exact) mass is 230 g/mol. The van der Waals surface area contributed by atoms with Gasteiger partial charge in [0.25, 0.3) is 0 Å². The molecule has 1 fully saturated rings. The third-order valence-corrected chi connectivity index (χ3v) is 3.17. The minimum atomic E-state index is 0.0357. The molecule has 1 aliphatic heterocycles. The van der Waals surface area contributed by atoms with E-state index < -0.39 is 0 Å². The number of hydrogen-bond donors (Lipinski definition) is 0. The Labute approximate surface area is 102 Å². The van der Waals surface area contributed by atoms with Gasteiger partial charge in [-0.2, -0.15) is 0 Å². The van der Waals surface area contributed by atoms with E-state index in [1.54, 1.807) is 0 Å². The van der Waals surface area contributed by atoms with Crippen LogP contribution < -0.4 is 4.90 Å². The number of rotatable bonds is 2. The standard InChI is InChI=1S/C14H18N2O/c1-3-14(17)16-10-8-15(9-11-16)13-6-4-12(2)5-7-13/h3-7H,1,8-11H2,2H3. The van der Waals surface area contributed by atoms with Crippen molar-refractivity contribution < 1.29 is 4.79 Å². The van der Waals surface area contributed by atoms with E-state index in [-0.39, 0.29) is 5.91 Å². The van der Waals surface area contributed by atoms with Crippen LogP contribution in [0.5, 0.6) is 0 Å². The number of amides is 1. The Bertz CT molecular complexity index is 403. The lowest BCUT2D eigenvalue weighted by atomic mass is 10.2. The number of piperazine rings is 1. The average Bonchev–Trinajstić information content (AvgIpc) is 2.39. The van der Waals surface area contributed by atoms with E-state index in [1.807, 2.05) is 4.90 Å². The molecule has 1 aromatic rings. The fraction of sp³-hybridized carbons (Fsp3) is 0.357. The number of hydrogen-bond acceptors (Lipinski definition) is 2. The minimum Gasteiger partial charge on any atom is -0.368 e. The second-order valence-electron chi connectivity index (χ2n) is 4.35. The molecule has 0 radical (unpaired) electrons. The first-order chi connectivity index (χ1) is 8.20. The van der Waals surface area contributed by atoms with Gasteiger partial charge in [-0.1, -0.05) is 24.3 Å². The summed E-state index contributed by atoms with van der Waals surface area (Å²) < 4.78 is 0. The van der Waals surface area contributed by atoms with Crippen molar-refractivity contribution in [2.75, 3.05) is 31.1 Å². The Morgan fingerprint density at radius 3 is 2.29 bits per heavy atom. The summed E-state index contributed by atoms with van der Waals surface area (Å²) in [5.74, 6) is 0.0357. The van der Waals surface area contributed by atoms with Gasteiger partial charge in [0.2, 0.25) is 5.91 Å². The number of anilines is 1. The summed E-state index contributed by atoms with van der Waals surface area (Å²) in [4.78, 5) is 15.6. The molecule has 0 unspecified atom stereocenters. The van der Waals surface area contributed by atoms with Crippen LogP contribution >= 0.6 is 0 Å². The number of carbonyl (C=O) groups is 1. The van der Waals surface area contributed by atoms with Crippen LogP contribution in [0.4, 0.5) is 5.69 Å². The van der Waals surface area contributed by atoms with Gasteiger partial charge >= 0.3 is 0 Å². The van der Waals surface area contributed by atoms with Gasteiger partial charge in [0.15, 0.2) is 0 Å². The molecule has 90 valence electrons. The molecule has 1 saturated heterocycles. The van der Waals surface area contributed by atoms with Crippen LogP contribution in [-0.2, 0) is 4.79 Å². The minimum absolute atomic E-state index is 0.0357. The molecule has 0 atom stereocenters. The van der Waals surface area contributed by atoms with Crippen molar-refractivity contribution in [2.24, 2.45) is 0 Å². The molecule has 3 heteroatoms. The van der Waals surface area contributed by atoms with Crippen LogP contribution in [0.3, 0.4) is 0 Å². The first-order valence-corrected chi connectivity index (χ1v) is 5.93. The van der Waals surface area contributed by atoms with Gasteiger partial charge in [-0.05, 0) is 25.1 Å². The van der Waals surface area contributed by atoms with Crippen LogP contribution in [0.15, 0.2) is 36.9 Å². The Morgan fingerprint density at radius 1 is 1.18 bits per heavy atom. The van der Waals surface area contributed by atoms with Crippen LogP contribution in [0.25, 0.3) is 0 Å². The van der Waals surface area contributed by atoms with Gasteiger partial charge < -0.3 is 9.80 Å². The Balaban J connectivity index is 1.97. The number of aryl methyl sites for hydroxylation is 1. The molecule has 1 aromatic carbocycles. The SMILES string of the molecule is C=CC(=O)N1CCN(c2ccc(C)cc2)CC1. The normalized spacial score (nSPS) is 15.8. The maximum absolute atomic E-state index is 11.4. The van der Waals surface area contributed by atoms with Gasteiger partial charge in [-0.3, -0.25) is 4.79 Å². The zero-order valence-corrected chi connectivity index (χ0v) is 10.2. The summed E-state index contributed by atoms with van der Waals surface area (Å²) >= 11 is 0. The molecule has 0 saturated carbocycles. The Kier molecular flexibility index (Phi) is 3.47. The van der Waals surface area contributed by atoms with Crippen LogP contribution in [0.2, 0.25) is 0 Å². The highest BCUT2D eigenvalue weighted by molar-refractivity contribution is 5.87. The topological polar surface area (TPSA) is 23.6 Å². The fourth-order valence-electron chi connectivity index (χ4n) is 2.07. The van der Waals surface area contributed by atoms with Crippen molar-refractivity contribution in [3.8, 4) is 0 Å². The molecule has 1 aliphatic rings. The van der Waals surface area contributed by atoms with Crippen LogP contribution in [0, 0.1) is 6.92 Å². The number of carbonyl (C=O) groups excluding carboxylic acids is 1. The second-order valence-corrected chi connectivity index (χ2v) is 4.35. The lowest BCUT2D eigenvalue weighted by Gasteiger charge is -2.35. The third kappa shape index (κ3) is 2.67. The van der Waals surface area contributed by atoms with E-state index in [4.69, 9.17) is 0 Å². The first-order valence-electron chi connectivity index (χ1n) is 5.93. The summed E-state index contributed by atoms with van der Waals surface area (Å²) in [6.07, 6.45) is 1.39. The van der Waals surface area contributed by atoms with Crippen molar-refractivity contribution in [2.45, 2.75) is 6.92 Å². The lowest BCUT2D eigenvalue weighted by molar-refractivity contribution is -0.126. The molecule has 1 heterocycles. The maximum atomic E-state index is 11.4. The van der Waals surface area contributed by atoms with Crippen molar-refractivity contribution in [3.63, 3.8) is 0 Å². The zero-order chi connectivity index (χ0) is 12.3. The molecule has 2 rings (SSSR count). The zero-order valence-electron chi connectivity index (χ0n) is 10.2. The Hall–Kier alpha value is -1.77. The predicted molar refractivity (Wildman–Crippen MR) is 70.2 cm³/mol. The smallest absolute Gasteiger partial charge is 0.246 e. The molecule has 0 N–H and O–H groups in total. The van der Waals surface area contributed by atoms with Gasteiger partial charge in [0.1, 0.15) is 0 Å². The predicted octanol–water partition coefficient (Wildman–Crippen LogP) is 1.83. The van der Waals surface area contributed by atoms with Gasteiger partial charge in [-0.25, -0.2) is 0 Å². The van der Waals surface area contributed by atoms with E-state index in [9.17, 15) is 4.79 Å². The highest BCUT2D eigenvalue weighted by atomic mass is 16.2. The Morgan fingerprint density at radius 2 is 1.76 bits per heavy atom. The number of nitrogens with zero attached hydrogens (tertiary/aromatic N) is 2. The van der Waals surface area contributed by atoms with E-state index in [0.717, 1.165) is 26.2 Å². The molecule has 0 aromatic heterocycles. The average molecular weight is 230 g/mol. The van der Waals surface area contributed by atoms with Gasteiger partial charge in [-0.15, -0.1) is 0 Å². The summed E-state index contributed by atoms with van der Waals surface area (Å²) in [6.45, 7) is 8.94. The van der Waals surface area contributed by atoms with Gasteiger partial charge in [0.05, 0.1) is 0 Å². The first kappa shape index (κ1) is 11.7. The van der Waals surface area contributed by atoms with E-state index in [0.29, 0.717) is 0 Å². The van der Waals surface area contributed by atoms with E-state index >= 15 is 0 Å². The second kappa shape index (κ2) is 5.04. The molecular formula is C14H18N2O. The van der Waals surface area contributed by atoms with Crippen molar-refractivity contribution in [3.05, 3.63) is 42.5 Å². The molecular weight excluding hydrogens is 212 g/mol. The van der Waals surface area contributed by atoms with Crippen LogP contribution in [-0.4, -0.2) is 37.0 Å². The summed E-state index contributed by atoms with van der Waals surface area (Å²) in [5.41, 5.74) is 2.51. The molecule has 3 nitrogen and oxygen atoms in total. The van der Waals surface area contributed by atoms with Crippen molar-refractivity contribution in [1.29, 1.82) is 0 Å². The third-order valence-electron chi connectivity index (χ3n) is 3.17.